The van der Waals surface area contributed by atoms with Gasteiger partial charge in [-0.2, -0.15) is 5.10 Å². The van der Waals surface area contributed by atoms with Crippen LogP contribution < -0.4 is 10.6 Å². The van der Waals surface area contributed by atoms with Gasteiger partial charge >= 0.3 is 0 Å². The molecule has 1 amide bonds. The fourth-order valence-corrected chi connectivity index (χ4v) is 1.93. The molecule has 0 spiro atoms. The smallest absolute Gasteiger partial charge is 0.237 e. The second-order valence-electron chi connectivity index (χ2n) is 4.06. The number of piperidine rings is 1. The van der Waals surface area contributed by atoms with E-state index >= 15 is 0 Å². The van der Waals surface area contributed by atoms with Gasteiger partial charge in [-0.3, -0.25) is 9.48 Å². The molecule has 0 aromatic carbocycles. The van der Waals surface area contributed by atoms with Crippen LogP contribution in [-0.4, -0.2) is 34.8 Å². The van der Waals surface area contributed by atoms with Gasteiger partial charge in [0.15, 0.2) is 0 Å². The minimum absolute atomic E-state index is 0.00590. The van der Waals surface area contributed by atoms with Crippen LogP contribution in [0.4, 0.5) is 0 Å². The van der Waals surface area contributed by atoms with Crippen LogP contribution in [0.3, 0.4) is 0 Å². The highest BCUT2D eigenvalue weighted by Gasteiger charge is 2.19. The van der Waals surface area contributed by atoms with Crippen LogP contribution in [0.2, 0.25) is 0 Å². The Morgan fingerprint density at radius 3 is 3.19 bits per heavy atom. The standard InChI is InChI=1S/C11H18N4O/c16-11(10-4-1-2-5-12-10)13-7-9-15-8-3-6-14-15/h3,6,8,10,12H,1-2,4-5,7,9H2,(H,13,16)/t10-/m1/s1. The highest BCUT2D eigenvalue weighted by atomic mass is 16.2. The van der Waals surface area contributed by atoms with Gasteiger partial charge < -0.3 is 10.6 Å². The Morgan fingerprint density at radius 1 is 1.56 bits per heavy atom. The van der Waals surface area contributed by atoms with E-state index < -0.39 is 0 Å². The van der Waals surface area contributed by atoms with Crippen LogP contribution in [0, 0.1) is 0 Å². The molecule has 0 radical (unpaired) electrons. The molecule has 1 aromatic heterocycles. The second kappa shape index (κ2) is 5.65. The average Bonchev–Trinajstić information content (AvgIpc) is 2.83. The van der Waals surface area contributed by atoms with Gasteiger partial charge in [-0.15, -0.1) is 0 Å². The summed E-state index contributed by atoms with van der Waals surface area (Å²) in [4.78, 5) is 11.7. The van der Waals surface area contributed by atoms with E-state index in [0.29, 0.717) is 6.54 Å². The lowest BCUT2D eigenvalue weighted by molar-refractivity contribution is -0.123. The molecule has 0 unspecified atom stereocenters. The Hall–Kier alpha value is -1.36. The zero-order valence-corrected chi connectivity index (χ0v) is 9.35. The first-order valence-electron chi connectivity index (χ1n) is 5.85. The third-order valence-corrected chi connectivity index (χ3v) is 2.83. The van der Waals surface area contributed by atoms with Crippen molar-refractivity contribution in [2.24, 2.45) is 0 Å². The number of nitrogens with zero attached hydrogens (tertiary/aromatic N) is 2. The Bertz CT molecular complexity index is 317. The first-order chi connectivity index (χ1) is 7.86. The van der Waals surface area contributed by atoms with Crippen LogP contribution in [0.25, 0.3) is 0 Å². The summed E-state index contributed by atoms with van der Waals surface area (Å²) in [6.07, 6.45) is 6.91. The number of carbonyl (C=O) groups is 1. The van der Waals surface area contributed by atoms with E-state index in [1.165, 1.54) is 6.42 Å². The summed E-state index contributed by atoms with van der Waals surface area (Å²) in [5.74, 6) is 0.117. The Balaban J connectivity index is 1.67. The van der Waals surface area contributed by atoms with E-state index in [-0.39, 0.29) is 11.9 Å². The molecule has 88 valence electrons. The summed E-state index contributed by atoms with van der Waals surface area (Å²) < 4.78 is 1.81. The third kappa shape index (κ3) is 3.06. The zero-order chi connectivity index (χ0) is 11.2. The van der Waals surface area contributed by atoms with E-state index in [9.17, 15) is 4.79 Å². The van der Waals surface area contributed by atoms with Gasteiger partial charge in [0.2, 0.25) is 5.91 Å². The SMILES string of the molecule is O=C(NCCn1cccn1)[C@H]1CCCCN1. The Morgan fingerprint density at radius 2 is 2.50 bits per heavy atom. The molecule has 2 N–H and O–H groups in total. The molecule has 0 aliphatic carbocycles. The lowest BCUT2D eigenvalue weighted by atomic mass is 10.0. The number of hydrogen-bond donors (Lipinski definition) is 2. The van der Waals surface area contributed by atoms with Crippen LogP contribution in [0.15, 0.2) is 18.5 Å². The van der Waals surface area contributed by atoms with Crippen molar-refractivity contribution in [3.63, 3.8) is 0 Å². The van der Waals surface area contributed by atoms with Crippen LogP contribution in [0.5, 0.6) is 0 Å². The predicted molar refractivity (Wildman–Crippen MR) is 60.9 cm³/mol. The molecule has 1 fully saturated rings. The van der Waals surface area contributed by atoms with Gasteiger partial charge in [0.1, 0.15) is 0 Å². The summed E-state index contributed by atoms with van der Waals surface area (Å²) in [6.45, 7) is 2.32. The monoisotopic (exact) mass is 222 g/mol. The highest BCUT2D eigenvalue weighted by Crippen LogP contribution is 2.06. The van der Waals surface area contributed by atoms with Crippen molar-refractivity contribution in [2.75, 3.05) is 13.1 Å². The lowest BCUT2D eigenvalue weighted by Gasteiger charge is -2.22. The van der Waals surface area contributed by atoms with Gasteiger partial charge in [0.05, 0.1) is 12.6 Å². The minimum Gasteiger partial charge on any atom is -0.353 e. The summed E-state index contributed by atoms with van der Waals surface area (Å²) in [5.41, 5.74) is 0. The van der Waals surface area contributed by atoms with Crippen LogP contribution >= 0.6 is 0 Å². The fourth-order valence-electron chi connectivity index (χ4n) is 1.93. The maximum absolute atomic E-state index is 11.7. The largest absolute Gasteiger partial charge is 0.353 e. The maximum atomic E-state index is 11.7. The van der Waals surface area contributed by atoms with E-state index in [4.69, 9.17) is 0 Å². The molecular formula is C11H18N4O. The Labute approximate surface area is 95.2 Å². The summed E-state index contributed by atoms with van der Waals surface area (Å²) in [7, 11) is 0. The molecule has 1 aliphatic rings. The van der Waals surface area contributed by atoms with Gasteiger partial charge in [0.25, 0.3) is 0 Å². The van der Waals surface area contributed by atoms with Crippen molar-refractivity contribution in [3.8, 4) is 0 Å². The number of rotatable bonds is 4. The molecule has 0 bridgehead atoms. The van der Waals surface area contributed by atoms with Crippen molar-refractivity contribution in [2.45, 2.75) is 31.8 Å². The number of amides is 1. The first-order valence-corrected chi connectivity index (χ1v) is 5.85. The molecule has 1 aliphatic heterocycles. The summed E-state index contributed by atoms with van der Waals surface area (Å²) in [5, 5.41) is 10.2. The summed E-state index contributed by atoms with van der Waals surface area (Å²) >= 11 is 0. The Kier molecular flexibility index (Phi) is 3.93. The minimum atomic E-state index is 0.00590. The lowest BCUT2D eigenvalue weighted by Crippen LogP contribution is -2.47. The summed E-state index contributed by atoms with van der Waals surface area (Å²) in [6, 6.07) is 1.89. The van der Waals surface area contributed by atoms with E-state index in [1.807, 2.05) is 16.9 Å². The molecule has 1 saturated heterocycles. The third-order valence-electron chi connectivity index (χ3n) is 2.83. The van der Waals surface area contributed by atoms with Crippen molar-refractivity contribution < 1.29 is 4.79 Å². The molecular weight excluding hydrogens is 204 g/mol. The van der Waals surface area contributed by atoms with Gasteiger partial charge in [-0.1, -0.05) is 6.42 Å². The number of aromatic nitrogens is 2. The van der Waals surface area contributed by atoms with Gasteiger partial charge in [0, 0.05) is 18.9 Å². The molecule has 1 aromatic rings. The van der Waals surface area contributed by atoms with Crippen molar-refractivity contribution in [1.82, 2.24) is 20.4 Å². The van der Waals surface area contributed by atoms with E-state index in [2.05, 4.69) is 15.7 Å². The van der Waals surface area contributed by atoms with Crippen molar-refractivity contribution in [3.05, 3.63) is 18.5 Å². The quantitative estimate of drug-likeness (QED) is 0.762. The molecule has 2 heterocycles. The number of carbonyl (C=O) groups excluding carboxylic acids is 1. The maximum Gasteiger partial charge on any atom is 0.237 e. The highest BCUT2D eigenvalue weighted by molar-refractivity contribution is 5.81. The molecule has 5 heteroatoms. The molecule has 2 rings (SSSR count). The van der Waals surface area contributed by atoms with Crippen molar-refractivity contribution in [1.29, 1.82) is 0 Å². The molecule has 5 nitrogen and oxygen atoms in total. The molecule has 0 saturated carbocycles. The number of nitrogens with one attached hydrogen (secondary N) is 2. The van der Waals surface area contributed by atoms with Crippen LogP contribution in [-0.2, 0) is 11.3 Å². The zero-order valence-electron chi connectivity index (χ0n) is 9.35. The predicted octanol–water partition coefficient (Wildman–Crippen LogP) is 0.141. The first kappa shape index (κ1) is 11.1. The topological polar surface area (TPSA) is 59.0 Å². The average molecular weight is 222 g/mol. The molecule has 16 heavy (non-hydrogen) atoms. The normalized spacial score (nSPS) is 20.6. The van der Waals surface area contributed by atoms with E-state index in [0.717, 1.165) is 25.9 Å². The molecule has 1 atom stereocenters. The van der Waals surface area contributed by atoms with E-state index in [1.54, 1.807) is 6.20 Å². The van der Waals surface area contributed by atoms with Crippen molar-refractivity contribution >= 4 is 5.91 Å². The van der Waals surface area contributed by atoms with Gasteiger partial charge in [-0.25, -0.2) is 0 Å². The number of hydrogen-bond acceptors (Lipinski definition) is 3. The van der Waals surface area contributed by atoms with Gasteiger partial charge in [-0.05, 0) is 25.5 Å². The van der Waals surface area contributed by atoms with Crippen LogP contribution in [0.1, 0.15) is 19.3 Å². The fraction of sp³-hybridized carbons (Fsp3) is 0.636. The second-order valence-corrected chi connectivity index (χ2v) is 4.06.